The van der Waals surface area contributed by atoms with Gasteiger partial charge in [0.15, 0.2) is 0 Å². The molecule has 0 aromatic carbocycles. The second kappa shape index (κ2) is 7.81. The number of H-pyrrole nitrogens is 1. The van der Waals surface area contributed by atoms with Crippen LogP contribution in [0, 0.1) is 0 Å². The average molecular weight is 346 g/mol. The fourth-order valence-corrected chi connectivity index (χ4v) is 3.31. The zero-order valence-corrected chi connectivity index (χ0v) is 15.1. The number of aromatic nitrogens is 3. The van der Waals surface area contributed by atoms with Crippen molar-refractivity contribution in [3.05, 3.63) is 41.3 Å². The molecule has 3 heterocycles. The predicted molar refractivity (Wildman–Crippen MR) is 101 cm³/mol. The van der Waals surface area contributed by atoms with Crippen LogP contribution in [0.1, 0.15) is 20.3 Å². The maximum absolute atomic E-state index is 6.07. The highest BCUT2D eigenvalue weighted by Crippen LogP contribution is 2.25. The summed E-state index contributed by atoms with van der Waals surface area (Å²) in [7, 11) is 0. The standard InChI is InChI=1S/C18H24ClN5/c1-3-5-14(4-2)7-9-23-10-12-24(13-11-23)17-15-6-8-20-16(15)21-18(19)22-17/h3-6,8H,7,9-13H2,1-2H3,(H,20,21,22)/b5-3-,14-4+. The van der Waals surface area contributed by atoms with Gasteiger partial charge in [0.05, 0.1) is 5.39 Å². The van der Waals surface area contributed by atoms with Crippen molar-refractivity contribution in [3.63, 3.8) is 0 Å². The molecule has 0 bridgehead atoms. The Balaban J connectivity index is 1.61. The van der Waals surface area contributed by atoms with E-state index in [0.717, 1.165) is 56.0 Å². The van der Waals surface area contributed by atoms with E-state index in [1.807, 2.05) is 12.3 Å². The van der Waals surface area contributed by atoms with Crippen molar-refractivity contribution in [3.8, 4) is 0 Å². The van der Waals surface area contributed by atoms with Crippen LogP contribution in [0.25, 0.3) is 11.0 Å². The van der Waals surface area contributed by atoms with Crippen molar-refractivity contribution in [2.45, 2.75) is 20.3 Å². The van der Waals surface area contributed by atoms with Gasteiger partial charge in [0, 0.05) is 38.9 Å². The minimum absolute atomic E-state index is 0.298. The number of aromatic amines is 1. The molecule has 0 radical (unpaired) electrons. The number of nitrogens with zero attached hydrogens (tertiary/aromatic N) is 4. The summed E-state index contributed by atoms with van der Waals surface area (Å²) in [4.78, 5) is 16.6. The van der Waals surface area contributed by atoms with Gasteiger partial charge in [0.25, 0.3) is 0 Å². The van der Waals surface area contributed by atoms with Gasteiger partial charge in [-0.3, -0.25) is 4.90 Å². The van der Waals surface area contributed by atoms with Gasteiger partial charge in [-0.25, -0.2) is 0 Å². The fourth-order valence-electron chi connectivity index (χ4n) is 3.15. The first-order chi connectivity index (χ1) is 11.7. The van der Waals surface area contributed by atoms with Gasteiger partial charge in [-0.2, -0.15) is 9.97 Å². The molecule has 1 N–H and O–H groups in total. The summed E-state index contributed by atoms with van der Waals surface area (Å²) in [5.74, 6) is 0.939. The van der Waals surface area contributed by atoms with E-state index in [2.05, 4.69) is 56.8 Å². The number of hydrogen-bond acceptors (Lipinski definition) is 4. The van der Waals surface area contributed by atoms with Crippen LogP contribution in [0.5, 0.6) is 0 Å². The van der Waals surface area contributed by atoms with Crippen LogP contribution in [0.15, 0.2) is 36.1 Å². The SMILES string of the molecule is C/C=C\C(=C/C)CCN1CCN(c2nc(Cl)nc3[nH]ccc23)CC1. The largest absolute Gasteiger partial charge is 0.353 e. The smallest absolute Gasteiger partial charge is 0.226 e. The first-order valence-electron chi connectivity index (χ1n) is 8.47. The van der Waals surface area contributed by atoms with Crippen LogP contribution in [-0.4, -0.2) is 52.6 Å². The first-order valence-corrected chi connectivity index (χ1v) is 8.85. The summed E-state index contributed by atoms with van der Waals surface area (Å²) >= 11 is 6.07. The molecule has 2 aromatic heterocycles. The van der Waals surface area contributed by atoms with Crippen LogP contribution in [0.4, 0.5) is 5.82 Å². The van der Waals surface area contributed by atoms with Gasteiger partial charge in [0.1, 0.15) is 11.5 Å². The molecule has 0 aliphatic carbocycles. The second-order valence-electron chi connectivity index (χ2n) is 6.00. The highest BCUT2D eigenvalue weighted by molar-refractivity contribution is 6.28. The van der Waals surface area contributed by atoms with Crippen LogP contribution in [-0.2, 0) is 0 Å². The lowest BCUT2D eigenvalue weighted by Gasteiger charge is -2.35. The van der Waals surface area contributed by atoms with Crippen LogP contribution >= 0.6 is 11.6 Å². The number of rotatable bonds is 5. The number of nitrogens with one attached hydrogen (secondary N) is 1. The minimum atomic E-state index is 0.298. The molecule has 6 heteroatoms. The quantitative estimate of drug-likeness (QED) is 0.664. The van der Waals surface area contributed by atoms with Gasteiger partial charge in [0.2, 0.25) is 5.28 Å². The average Bonchev–Trinajstić information content (AvgIpc) is 3.06. The summed E-state index contributed by atoms with van der Waals surface area (Å²) < 4.78 is 0. The highest BCUT2D eigenvalue weighted by Gasteiger charge is 2.20. The van der Waals surface area contributed by atoms with E-state index in [0.29, 0.717) is 5.28 Å². The lowest BCUT2D eigenvalue weighted by atomic mass is 10.1. The molecule has 0 unspecified atom stereocenters. The Labute approximate surface area is 148 Å². The van der Waals surface area contributed by atoms with Crippen molar-refractivity contribution in [2.24, 2.45) is 0 Å². The molecule has 1 aliphatic rings. The fraction of sp³-hybridized carbons (Fsp3) is 0.444. The monoisotopic (exact) mass is 345 g/mol. The molecule has 5 nitrogen and oxygen atoms in total. The van der Waals surface area contributed by atoms with Crippen molar-refractivity contribution >= 4 is 28.5 Å². The summed E-state index contributed by atoms with van der Waals surface area (Å²) in [5, 5.41) is 1.34. The zero-order chi connectivity index (χ0) is 16.9. The number of allylic oxidation sites excluding steroid dienone is 3. The van der Waals surface area contributed by atoms with Crippen LogP contribution in [0.3, 0.4) is 0 Å². The number of fused-ring (bicyclic) bond motifs is 1. The highest BCUT2D eigenvalue weighted by atomic mass is 35.5. The van der Waals surface area contributed by atoms with Crippen molar-refractivity contribution in [1.29, 1.82) is 0 Å². The summed E-state index contributed by atoms with van der Waals surface area (Å²) in [6, 6.07) is 2.02. The Hall–Kier alpha value is -1.85. The van der Waals surface area contributed by atoms with Crippen molar-refractivity contribution in [2.75, 3.05) is 37.6 Å². The molecule has 1 fully saturated rings. The predicted octanol–water partition coefficient (Wildman–Crippen LogP) is 3.65. The summed E-state index contributed by atoms with van der Waals surface area (Å²) in [6.45, 7) is 9.28. The molecule has 2 aromatic rings. The van der Waals surface area contributed by atoms with E-state index in [4.69, 9.17) is 11.6 Å². The molecular weight excluding hydrogens is 322 g/mol. The molecule has 1 aliphatic heterocycles. The van der Waals surface area contributed by atoms with Crippen molar-refractivity contribution < 1.29 is 0 Å². The first kappa shape index (κ1) is 17.0. The lowest BCUT2D eigenvalue weighted by molar-refractivity contribution is 0.261. The Bertz CT molecular complexity index is 741. The molecule has 0 saturated carbocycles. The number of piperazine rings is 1. The molecule has 3 rings (SSSR count). The van der Waals surface area contributed by atoms with E-state index in [1.54, 1.807) is 0 Å². The minimum Gasteiger partial charge on any atom is -0.353 e. The van der Waals surface area contributed by atoms with Crippen molar-refractivity contribution in [1.82, 2.24) is 19.9 Å². The lowest BCUT2D eigenvalue weighted by Crippen LogP contribution is -2.47. The third kappa shape index (κ3) is 3.79. The Morgan fingerprint density at radius 3 is 2.75 bits per heavy atom. The number of hydrogen-bond donors (Lipinski definition) is 1. The van der Waals surface area contributed by atoms with Gasteiger partial charge in [-0.1, -0.05) is 23.8 Å². The van der Waals surface area contributed by atoms with Gasteiger partial charge in [-0.05, 0) is 37.9 Å². The van der Waals surface area contributed by atoms with E-state index in [-0.39, 0.29) is 0 Å². The molecule has 128 valence electrons. The Morgan fingerprint density at radius 2 is 2.04 bits per heavy atom. The Kier molecular flexibility index (Phi) is 5.53. The maximum atomic E-state index is 6.07. The number of halogens is 1. The van der Waals surface area contributed by atoms with Crippen LogP contribution < -0.4 is 4.90 Å². The van der Waals surface area contributed by atoms with Gasteiger partial charge < -0.3 is 9.88 Å². The Morgan fingerprint density at radius 1 is 1.25 bits per heavy atom. The second-order valence-corrected chi connectivity index (χ2v) is 6.34. The van der Waals surface area contributed by atoms with E-state index in [9.17, 15) is 0 Å². The number of anilines is 1. The third-order valence-electron chi connectivity index (χ3n) is 4.51. The molecule has 0 atom stereocenters. The molecule has 1 saturated heterocycles. The van der Waals surface area contributed by atoms with Gasteiger partial charge >= 0.3 is 0 Å². The molecule has 24 heavy (non-hydrogen) atoms. The summed E-state index contributed by atoms with van der Waals surface area (Å²) in [6.07, 6.45) is 9.48. The molecule has 0 spiro atoms. The molecule has 0 amide bonds. The topological polar surface area (TPSA) is 48.1 Å². The van der Waals surface area contributed by atoms with E-state index >= 15 is 0 Å². The third-order valence-corrected chi connectivity index (χ3v) is 4.68. The maximum Gasteiger partial charge on any atom is 0.226 e. The normalized spacial score (nSPS) is 17.3. The van der Waals surface area contributed by atoms with E-state index < -0.39 is 0 Å². The van der Waals surface area contributed by atoms with Gasteiger partial charge in [-0.15, -0.1) is 0 Å². The van der Waals surface area contributed by atoms with E-state index in [1.165, 1.54) is 5.57 Å². The molecular formula is C18H24ClN5. The zero-order valence-electron chi connectivity index (χ0n) is 14.3. The summed E-state index contributed by atoms with van der Waals surface area (Å²) in [5.41, 5.74) is 2.20. The van der Waals surface area contributed by atoms with Crippen LogP contribution in [0.2, 0.25) is 5.28 Å².